The van der Waals surface area contributed by atoms with Crippen LogP contribution in [0, 0.1) is 0 Å². The maximum atomic E-state index is 13.2. The van der Waals surface area contributed by atoms with Gasteiger partial charge in [0.1, 0.15) is 17.8 Å². The molecule has 2 N–H and O–H groups in total. The molecule has 1 heterocycles. The van der Waals surface area contributed by atoms with Crippen molar-refractivity contribution in [3.05, 3.63) is 84.4 Å². The van der Waals surface area contributed by atoms with Crippen LogP contribution in [0.2, 0.25) is 0 Å². The van der Waals surface area contributed by atoms with Crippen molar-refractivity contribution in [2.75, 3.05) is 6.61 Å². The van der Waals surface area contributed by atoms with Gasteiger partial charge in [-0.25, -0.2) is 4.79 Å². The van der Waals surface area contributed by atoms with E-state index < -0.39 is 42.2 Å². The summed E-state index contributed by atoms with van der Waals surface area (Å²) in [6, 6.07) is 18.7. The van der Waals surface area contributed by atoms with Gasteiger partial charge in [0, 0.05) is 0 Å². The Balaban J connectivity index is 1.87. The van der Waals surface area contributed by atoms with Crippen LogP contribution in [-0.4, -0.2) is 48.8 Å². The fourth-order valence-electron chi connectivity index (χ4n) is 3.64. The van der Waals surface area contributed by atoms with Crippen molar-refractivity contribution in [1.82, 2.24) is 0 Å². The van der Waals surface area contributed by atoms with Crippen LogP contribution < -0.4 is 5.73 Å². The minimum absolute atomic E-state index is 0.209. The topological polar surface area (TPSA) is 89.2 Å². The molecule has 2 aromatic rings. The molecule has 1 fully saturated rings. The number of esters is 1. The van der Waals surface area contributed by atoms with E-state index in [-0.39, 0.29) is 13.2 Å². The molecule has 1 aliphatic heterocycles. The molecular formula is C27H35NO6. The number of benzene rings is 2. The molecule has 3 rings (SSSR count). The Morgan fingerprint density at radius 1 is 0.941 bits per heavy atom. The summed E-state index contributed by atoms with van der Waals surface area (Å²) in [5, 5.41) is 0. The average molecular weight is 470 g/mol. The predicted octanol–water partition coefficient (Wildman–Crippen LogP) is 3.75. The first-order chi connectivity index (χ1) is 16.3. The maximum absolute atomic E-state index is 13.2. The Labute approximate surface area is 201 Å². The van der Waals surface area contributed by atoms with Crippen LogP contribution in [0.4, 0.5) is 0 Å². The Kier molecular flexibility index (Phi) is 9.38. The first-order valence-electron chi connectivity index (χ1n) is 11.5. The molecule has 0 bridgehead atoms. The highest BCUT2D eigenvalue weighted by atomic mass is 16.7. The highest BCUT2D eigenvalue weighted by Crippen LogP contribution is 2.29. The van der Waals surface area contributed by atoms with E-state index in [0.29, 0.717) is 6.61 Å². The van der Waals surface area contributed by atoms with Crippen molar-refractivity contribution in [2.45, 2.75) is 70.2 Å². The highest BCUT2D eigenvalue weighted by molar-refractivity contribution is 5.76. The van der Waals surface area contributed by atoms with Gasteiger partial charge in [-0.15, -0.1) is 6.58 Å². The van der Waals surface area contributed by atoms with Crippen LogP contribution in [0.15, 0.2) is 73.3 Å². The van der Waals surface area contributed by atoms with Gasteiger partial charge in [0.2, 0.25) is 0 Å². The monoisotopic (exact) mass is 469 g/mol. The van der Waals surface area contributed by atoms with Crippen LogP contribution in [0.5, 0.6) is 0 Å². The third-order valence-corrected chi connectivity index (χ3v) is 5.18. The number of ether oxygens (including phenoxy) is 5. The average Bonchev–Trinajstić information content (AvgIpc) is 2.81. The fourth-order valence-corrected chi connectivity index (χ4v) is 3.64. The number of carbonyl (C=O) groups is 1. The van der Waals surface area contributed by atoms with E-state index in [2.05, 4.69) is 6.58 Å². The summed E-state index contributed by atoms with van der Waals surface area (Å²) in [5.74, 6) is -0.557. The first kappa shape index (κ1) is 26.1. The van der Waals surface area contributed by atoms with Crippen LogP contribution in [-0.2, 0) is 41.7 Å². The Morgan fingerprint density at radius 3 is 1.97 bits per heavy atom. The van der Waals surface area contributed by atoms with Gasteiger partial charge in [0.05, 0.1) is 25.9 Å². The van der Waals surface area contributed by atoms with Crippen LogP contribution in [0.1, 0.15) is 31.9 Å². The fraction of sp³-hybridized carbons (Fsp3) is 0.444. The molecule has 0 unspecified atom stereocenters. The van der Waals surface area contributed by atoms with Gasteiger partial charge < -0.3 is 29.4 Å². The zero-order valence-electron chi connectivity index (χ0n) is 20.1. The molecule has 0 radical (unpaired) electrons. The lowest BCUT2D eigenvalue weighted by Crippen LogP contribution is -2.65. The molecule has 0 amide bonds. The molecule has 0 aromatic heterocycles. The number of rotatable bonds is 10. The standard InChI is InChI=1S/C27H35NO6/c1-5-16-30-26-21(28)22(31-17-19-12-8-6-9-13-19)23(32-18-20-14-10-7-11-15-20)24(33-26)25(29)34-27(2,3)4/h5-15,21-24,26H,1,16-18,28H2,2-4H3/t21-,22-,23-,24+,26-/m1/s1. The zero-order chi connectivity index (χ0) is 24.6. The highest BCUT2D eigenvalue weighted by Gasteiger charge is 2.50. The van der Waals surface area contributed by atoms with Gasteiger partial charge in [-0.2, -0.15) is 0 Å². The zero-order valence-corrected chi connectivity index (χ0v) is 20.1. The maximum Gasteiger partial charge on any atom is 0.338 e. The lowest BCUT2D eigenvalue weighted by molar-refractivity contribution is -0.278. The Hall–Kier alpha value is -2.55. The largest absolute Gasteiger partial charge is 0.458 e. The third kappa shape index (κ3) is 7.48. The van der Waals surface area contributed by atoms with Crippen molar-refractivity contribution < 1.29 is 28.5 Å². The molecule has 0 saturated carbocycles. The van der Waals surface area contributed by atoms with Crippen molar-refractivity contribution >= 4 is 5.97 Å². The smallest absolute Gasteiger partial charge is 0.338 e. The third-order valence-electron chi connectivity index (χ3n) is 5.18. The van der Waals surface area contributed by atoms with E-state index in [1.54, 1.807) is 26.8 Å². The second kappa shape index (κ2) is 12.2. The number of hydrogen-bond acceptors (Lipinski definition) is 7. The van der Waals surface area contributed by atoms with Gasteiger partial charge in [-0.05, 0) is 31.9 Å². The van der Waals surface area contributed by atoms with Gasteiger partial charge in [0.25, 0.3) is 0 Å². The molecule has 0 aliphatic carbocycles. The minimum Gasteiger partial charge on any atom is -0.458 e. The molecule has 1 aliphatic rings. The van der Waals surface area contributed by atoms with Crippen molar-refractivity contribution in [1.29, 1.82) is 0 Å². The van der Waals surface area contributed by atoms with Gasteiger partial charge in [-0.3, -0.25) is 0 Å². The normalized spacial score (nSPS) is 25.0. The Morgan fingerprint density at radius 2 is 1.47 bits per heavy atom. The predicted molar refractivity (Wildman–Crippen MR) is 129 cm³/mol. The summed E-state index contributed by atoms with van der Waals surface area (Å²) in [4.78, 5) is 13.2. The lowest BCUT2D eigenvalue weighted by atomic mass is 9.96. The van der Waals surface area contributed by atoms with Gasteiger partial charge in [0.15, 0.2) is 12.4 Å². The summed E-state index contributed by atoms with van der Waals surface area (Å²) in [5.41, 5.74) is 7.75. The van der Waals surface area contributed by atoms with Crippen LogP contribution in [0.25, 0.3) is 0 Å². The van der Waals surface area contributed by atoms with E-state index in [1.807, 2.05) is 60.7 Å². The SMILES string of the molecule is C=CCO[C@@H]1O[C@H](C(=O)OC(C)(C)C)[C@H](OCc2ccccc2)[C@H](OCc2ccccc2)[C@H]1N. The number of hydrogen-bond donors (Lipinski definition) is 1. The first-order valence-corrected chi connectivity index (χ1v) is 11.5. The number of carbonyl (C=O) groups excluding carboxylic acids is 1. The molecule has 34 heavy (non-hydrogen) atoms. The van der Waals surface area contributed by atoms with E-state index in [0.717, 1.165) is 11.1 Å². The van der Waals surface area contributed by atoms with E-state index in [9.17, 15) is 4.79 Å². The van der Waals surface area contributed by atoms with Crippen molar-refractivity contribution in [2.24, 2.45) is 5.73 Å². The van der Waals surface area contributed by atoms with E-state index in [1.165, 1.54) is 0 Å². The minimum atomic E-state index is -1.08. The molecule has 5 atom stereocenters. The molecule has 1 saturated heterocycles. The van der Waals surface area contributed by atoms with Crippen molar-refractivity contribution in [3.8, 4) is 0 Å². The molecular weight excluding hydrogens is 434 g/mol. The quantitative estimate of drug-likeness (QED) is 0.419. The molecule has 0 spiro atoms. The second-order valence-electron chi connectivity index (χ2n) is 9.18. The molecule has 184 valence electrons. The molecule has 7 heteroatoms. The van der Waals surface area contributed by atoms with Crippen LogP contribution in [0.3, 0.4) is 0 Å². The molecule has 7 nitrogen and oxygen atoms in total. The van der Waals surface area contributed by atoms with Gasteiger partial charge >= 0.3 is 5.97 Å². The number of nitrogens with two attached hydrogens (primary N) is 1. The summed E-state index contributed by atoms with van der Waals surface area (Å²) in [7, 11) is 0. The lowest BCUT2D eigenvalue weighted by Gasteiger charge is -2.44. The summed E-state index contributed by atoms with van der Waals surface area (Å²) >= 11 is 0. The summed E-state index contributed by atoms with van der Waals surface area (Å²) in [6.45, 7) is 9.83. The van der Waals surface area contributed by atoms with Crippen LogP contribution >= 0.6 is 0 Å². The molecule has 2 aromatic carbocycles. The van der Waals surface area contributed by atoms with Gasteiger partial charge in [-0.1, -0.05) is 66.7 Å². The second-order valence-corrected chi connectivity index (χ2v) is 9.18. The summed E-state index contributed by atoms with van der Waals surface area (Å²) in [6.07, 6.45) is -1.88. The Bertz CT molecular complexity index is 898. The van der Waals surface area contributed by atoms with E-state index >= 15 is 0 Å². The summed E-state index contributed by atoms with van der Waals surface area (Å²) < 4.78 is 29.9. The van der Waals surface area contributed by atoms with Crippen molar-refractivity contribution in [3.63, 3.8) is 0 Å². The van der Waals surface area contributed by atoms with E-state index in [4.69, 9.17) is 29.4 Å².